The number of amides is 2. The summed E-state index contributed by atoms with van der Waals surface area (Å²) in [6.45, 7) is -1.54. The number of fused-ring (bicyclic) bond motifs is 1. The quantitative estimate of drug-likeness (QED) is 0.882. The van der Waals surface area contributed by atoms with E-state index in [0.717, 1.165) is 11.1 Å². The van der Waals surface area contributed by atoms with Crippen molar-refractivity contribution in [1.82, 2.24) is 10.2 Å². The maximum Gasteiger partial charge on any atom is 0.406 e. The number of phenols is 1. The van der Waals surface area contributed by atoms with Gasteiger partial charge in [-0.15, -0.1) is 0 Å². The second-order valence-corrected chi connectivity index (χ2v) is 6.24. The van der Waals surface area contributed by atoms with Crippen LogP contribution in [-0.4, -0.2) is 41.1 Å². The third-order valence-corrected chi connectivity index (χ3v) is 4.52. The van der Waals surface area contributed by atoms with Crippen LogP contribution in [0.1, 0.15) is 30.0 Å². The first-order valence-corrected chi connectivity index (χ1v) is 7.70. The Hall–Kier alpha value is -2.25. The molecule has 5 nitrogen and oxygen atoms in total. The number of rotatable bonds is 3. The molecule has 1 aliphatic heterocycles. The van der Waals surface area contributed by atoms with Crippen LogP contribution in [0, 0.1) is 5.92 Å². The number of hydrogen-bond acceptors (Lipinski definition) is 3. The topological polar surface area (TPSA) is 69.6 Å². The summed E-state index contributed by atoms with van der Waals surface area (Å²) >= 11 is 0. The van der Waals surface area contributed by atoms with E-state index >= 15 is 0 Å². The molecule has 1 aromatic rings. The minimum absolute atomic E-state index is 0.177. The number of carbonyl (C=O) groups is 2. The number of halogens is 3. The molecular formula is C16H17F3N2O3. The predicted molar refractivity (Wildman–Crippen MR) is 78.1 cm³/mol. The molecule has 130 valence electrons. The van der Waals surface area contributed by atoms with Gasteiger partial charge in [0, 0.05) is 13.0 Å². The third-order valence-electron chi connectivity index (χ3n) is 4.52. The maximum absolute atomic E-state index is 12.4. The molecule has 3 rings (SSSR count). The van der Waals surface area contributed by atoms with E-state index in [1.807, 2.05) is 6.07 Å². The molecule has 1 heterocycles. The van der Waals surface area contributed by atoms with Crippen molar-refractivity contribution < 1.29 is 27.9 Å². The van der Waals surface area contributed by atoms with Gasteiger partial charge in [0.1, 0.15) is 12.3 Å². The van der Waals surface area contributed by atoms with Gasteiger partial charge in [0.2, 0.25) is 11.8 Å². The van der Waals surface area contributed by atoms with Gasteiger partial charge in [-0.25, -0.2) is 0 Å². The van der Waals surface area contributed by atoms with E-state index in [1.54, 1.807) is 12.1 Å². The van der Waals surface area contributed by atoms with Gasteiger partial charge in [0.05, 0.1) is 12.0 Å². The van der Waals surface area contributed by atoms with Crippen LogP contribution in [0.5, 0.6) is 5.75 Å². The molecule has 0 spiro atoms. The Kier molecular flexibility index (Phi) is 4.15. The van der Waals surface area contributed by atoms with Crippen LogP contribution in [0.3, 0.4) is 0 Å². The number of benzene rings is 1. The minimum atomic E-state index is -4.47. The lowest BCUT2D eigenvalue weighted by molar-refractivity contribution is -0.157. The summed E-state index contributed by atoms with van der Waals surface area (Å²) in [6.07, 6.45) is -3.44. The van der Waals surface area contributed by atoms with Gasteiger partial charge < -0.3 is 15.3 Å². The zero-order valence-electron chi connectivity index (χ0n) is 12.8. The van der Waals surface area contributed by atoms with Gasteiger partial charge in [-0.1, -0.05) is 12.1 Å². The van der Waals surface area contributed by atoms with Crippen LogP contribution in [-0.2, 0) is 16.0 Å². The fourth-order valence-electron chi connectivity index (χ4n) is 3.39. The van der Waals surface area contributed by atoms with Gasteiger partial charge >= 0.3 is 6.18 Å². The van der Waals surface area contributed by atoms with Crippen molar-refractivity contribution in [3.63, 3.8) is 0 Å². The molecule has 0 bridgehead atoms. The Labute approximate surface area is 136 Å². The molecule has 8 heteroatoms. The standard InChI is InChI=1S/C16H17F3N2O3/c17-16(18,19)8-21-7-9(6-14(21)23)15(24)20-12-5-4-11-10(12)2-1-3-13(11)22/h1-3,9,12,22H,4-8H2,(H,20,24). The number of aromatic hydroxyl groups is 1. The highest BCUT2D eigenvalue weighted by molar-refractivity contribution is 5.89. The van der Waals surface area contributed by atoms with Crippen LogP contribution in [0.15, 0.2) is 18.2 Å². The molecule has 0 saturated carbocycles. The van der Waals surface area contributed by atoms with Gasteiger partial charge in [-0.05, 0) is 30.0 Å². The molecular weight excluding hydrogens is 325 g/mol. The Morgan fingerprint density at radius 1 is 1.38 bits per heavy atom. The first-order valence-electron chi connectivity index (χ1n) is 7.70. The first kappa shape index (κ1) is 16.6. The lowest BCUT2D eigenvalue weighted by atomic mass is 10.0. The van der Waals surface area contributed by atoms with Crippen molar-refractivity contribution in [1.29, 1.82) is 0 Å². The second-order valence-electron chi connectivity index (χ2n) is 6.24. The van der Waals surface area contributed by atoms with Gasteiger partial charge in [0.25, 0.3) is 0 Å². The SMILES string of the molecule is O=C(NC1CCc2c(O)cccc21)C1CC(=O)N(CC(F)(F)F)C1. The molecule has 2 amide bonds. The maximum atomic E-state index is 12.4. The fourth-order valence-corrected chi connectivity index (χ4v) is 3.39. The second kappa shape index (κ2) is 5.99. The van der Waals surface area contributed by atoms with Crippen molar-refractivity contribution in [3.8, 4) is 5.75 Å². The average Bonchev–Trinajstić information content (AvgIpc) is 3.03. The number of hydrogen-bond donors (Lipinski definition) is 2. The number of nitrogens with one attached hydrogen (secondary N) is 1. The van der Waals surface area contributed by atoms with E-state index in [0.29, 0.717) is 17.7 Å². The summed E-state index contributed by atoms with van der Waals surface area (Å²) in [6, 6.07) is 4.78. The minimum Gasteiger partial charge on any atom is -0.508 e. The molecule has 2 N–H and O–H groups in total. The molecule has 1 aromatic carbocycles. The Balaban J connectivity index is 1.63. The van der Waals surface area contributed by atoms with Crippen LogP contribution in [0.25, 0.3) is 0 Å². The Morgan fingerprint density at radius 3 is 2.83 bits per heavy atom. The molecule has 2 atom stereocenters. The molecule has 1 fully saturated rings. The van der Waals surface area contributed by atoms with Crippen molar-refractivity contribution in [3.05, 3.63) is 29.3 Å². The first-order chi connectivity index (χ1) is 11.2. The van der Waals surface area contributed by atoms with Crippen LogP contribution in [0.2, 0.25) is 0 Å². The molecule has 0 radical (unpaired) electrons. The number of alkyl halides is 3. The van der Waals surface area contributed by atoms with E-state index < -0.39 is 30.5 Å². The number of nitrogens with zero attached hydrogens (tertiary/aromatic N) is 1. The monoisotopic (exact) mass is 342 g/mol. The van der Waals surface area contributed by atoms with E-state index in [-0.39, 0.29) is 24.8 Å². The summed E-state index contributed by atoms with van der Waals surface area (Å²) in [5.74, 6) is -1.68. The van der Waals surface area contributed by atoms with E-state index in [4.69, 9.17) is 0 Å². The van der Waals surface area contributed by atoms with E-state index in [2.05, 4.69) is 5.32 Å². The average molecular weight is 342 g/mol. The fraction of sp³-hybridized carbons (Fsp3) is 0.500. The normalized spacial score (nSPS) is 23.5. The van der Waals surface area contributed by atoms with Gasteiger partial charge in [-0.3, -0.25) is 9.59 Å². The van der Waals surface area contributed by atoms with E-state index in [1.165, 1.54) is 0 Å². The summed E-state index contributed by atoms with van der Waals surface area (Å²) in [4.78, 5) is 24.7. The van der Waals surface area contributed by atoms with Crippen molar-refractivity contribution >= 4 is 11.8 Å². The lowest BCUT2D eigenvalue weighted by Crippen LogP contribution is -2.37. The summed E-state index contributed by atoms with van der Waals surface area (Å²) in [5, 5.41) is 12.6. The van der Waals surface area contributed by atoms with Crippen molar-refractivity contribution in [2.24, 2.45) is 5.92 Å². The highest BCUT2D eigenvalue weighted by Gasteiger charge is 2.41. The zero-order valence-corrected chi connectivity index (χ0v) is 12.8. The number of phenolic OH excluding ortho intramolecular Hbond substituents is 1. The summed E-state index contributed by atoms with van der Waals surface area (Å²) < 4.78 is 37.3. The Morgan fingerprint density at radius 2 is 2.12 bits per heavy atom. The van der Waals surface area contributed by atoms with Crippen molar-refractivity contribution in [2.75, 3.05) is 13.1 Å². The molecule has 2 unspecified atom stereocenters. The van der Waals surface area contributed by atoms with Crippen LogP contribution in [0.4, 0.5) is 13.2 Å². The lowest BCUT2D eigenvalue weighted by Gasteiger charge is -2.19. The number of likely N-dealkylation sites (tertiary alicyclic amines) is 1. The molecule has 1 aliphatic carbocycles. The van der Waals surface area contributed by atoms with Crippen molar-refractivity contribution in [2.45, 2.75) is 31.5 Å². The predicted octanol–water partition coefficient (Wildman–Crippen LogP) is 1.91. The van der Waals surface area contributed by atoms with E-state index in [9.17, 15) is 27.9 Å². The number of carbonyl (C=O) groups excluding carboxylic acids is 2. The molecule has 24 heavy (non-hydrogen) atoms. The highest BCUT2D eigenvalue weighted by atomic mass is 19.4. The van der Waals surface area contributed by atoms with Crippen LogP contribution >= 0.6 is 0 Å². The molecule has 2 aliphatic rings. The van der Waals surface area contributed by atoms with Gasteiger partial charge in [0.15, 0.2) is 0 Å². The Bertz CT molecular complexity index is 675. The largest absolute Gasteiger partial charge is 0.508 e. The third kappa shape index (κ3) is 3.32. The van der Waals surface area contributed by atoms with Crippen LogP contribution < -0.4 is 5.32 Å². The van der Waals surface area contributed by atoms with Gasteiger partial charge in [-0.2, -0.15) is 13.2 Å². The smallest absolute Gasteiger partial charge is 0.406 e. The molecule has 1 saturated heterocycles. The zero-order chi connectivity index (χ0) is 17.5. The summed E-state index contributed by atoms with van der Waals surface area (Å²) in [5.41, 5.74) is 1.60. The summed E-state index contributed by atoms with van der Waals surface area (Å²) in [7, 11) is 0. The highest BCUT2D eigenvalue weighted by Crippen LogP contribution is 2.36. The molecule has 0 aromatic heterocycles.